The second-order valence-electron chi connectivity index (χ2n) is 6.87. The molecule has 1 N–H and O–H groups in total. The summed E-state index contributed by atoms with van der Waals surface area (Å²) in [5, 5.41) is 2.64. The first-order valence-electron chi connectivity index (χ1n) is 8.77. The molecule has 2 rings (SSSR count). The van der Waals surface area contributed by atoms with Crippen molar-refractivity contribution in [2.45, 2.75) is 44.0 Å². The van der Waals surface area contributed by atoms with Crippen LogP contribution in [0.15, 0.2) is 23.1 Å². The Morgan fingerprint density at radius 2 is 1.77 bits per heavy atom. The summed E-state index contributed by atoms with van der Waals surface area (Å²) in [5.74, 6) is -0.686. The molecule has 1 atom stereocenters. The largest absolute Gasteiger partial charge is 0.347 e. The molecule has 0 aliphatic carbocycles. The average molecular weight is 381 g/mol. The van der Waals surface area contributed by atoms with Gasteiger partial charge in [-0.1, -0.05) is 12.5 Å². The summed E-state index contributed by atoms with van der Waals surface area (Å²) in [7, 11) is -0.389. The molecular formula is C18H27N3O4S. The fraction of sp³-hybridized carbons (Fsp3) is 0.556. The zero-order chi connectivity index (χ0) is 19.5. The van der Waals surface area contributed by atoms with Crippen molar-refractivity contribution >= 4 is 21.8 Å². The lowest BCUT2D eigenvalue weighted by Gasteiger charge is -2.26. The number of sulfonamides is 1. The minimum absolute atomic E-state index is 0.113. The highest BCUT2D eigenvalue weighted by atomic mass is 32.2. The van der Waals surface area contributed by atoms with E-state index in [0.29, 0.717) is 18.7 Å². The van der Waals surface area contributed by atoms with E-state index in [2.05, 4.69) is 5.32 Å². The number of piperidine rings is 1. The van der Waals surface area contributed by atoms with Crippen molar-refractivity contribution in [2.75, 3.05) is 27.2 Å². The number of nitrogens with zero attached hydrogens (tertiary/aromatic N) is 2. The molecule has 1 aromatic carbocycles. The second-order valence-corrected chi connectivity index (χ2v) is 8.81. The summed E-state index contributed by atoms with van der Waals surface area (Å²) in [5.41, 5.74) is 0.922. The monoisotopic (exact) mass is 381 g/mol. The Morgan fingerprint density at radius 1 is 1.15 bits per heavy atom. The normalized spacial score (nSPS) is 16.8. The number of rotatable bonds is 5. The molecule has 0 saturated carbocycles. The Bertz CT molecular complexity index is 784. The van der Waals surface area contributed by atoms with E-state index in [1.54, 1.807) is 34.0 Å². The van der Waals surface area contributed by atoms with Crippen molar-refractivity contribution in [1.82, 2.24) is 14.5 Å². The lowest BCUT2D eigenvalue weighted by atomic mass is 10.1. The van der Waals surface area contributed by atoms with E-state index >= 15 is 0 Å². The lowest BCUT2D eigenvalue weighted by Crippen LogP contribution is -2.44. The molecule has 0 bridgehead atoms. The van der Waals surface area contributed by atoms with Crippen molar-refractivity contribution in [3.8, 4) is 0 Å². The number of hydrogen-bond donors (Lipinski definition) is 1. The number of carbonyl (C=O) groups excluding carboxylic acids is 2. The molecule has 26 heavy (non-hydrogen) atoms. The van der Waals surface area contributed by atoms with Gasteiger partial charge in [-0.2, -0.15) is 4.31 Å². The molecular weight excluding hydrogens is 354 g/mol. The van der Waals surface area contributed by atoms with Crippen LogP contribution in [0, 0.1) is 6.92 Å². The van der Waals surface area contributed by atoms with Crippen LogP contribution >= 0.6 is 0 Å². The number of nitrogens with one attached hydrogen (secondary N) is 1. The number of carbonyl (C=O) groups is 2. The van der Waals surface area contributed by atoms with Gasteiger partial charge in [-0.15, -0.1) is 0 Å². The van der Waals surface area contributed by atoms with E-state index in [0.717, 1.165) is 19.3 Å². The molecule has 1 aliphatic rings. The van der Waals surface area contributed by atoms with Gasteiger partial charge in [-0.25, -0.2) is 8.42 Å². The van der Waals surface area contributed by atoms with Gasteiger partial charge in [0.05, 0.1) is 4.90 Å². The van der Waals surface area contributed by atoms with Crippen LogP contribution in [0.4, 0.5) is 0 Å². The smallest absolute Gasteiger partial charge is 0.252 e. The molecule has 0 spiro atoms. The topological polar surface area (TPSA) is 86.8 Å². The maximum absolute atomic E-state index is 12.8. The van der Waals surface area contributed by atoms with E-state index < -0.39 is 22.0 Å². The van der Waals surface area contributed by atoms with Crippen molar-refractivity contribution in [1.29, 1.82) is 0 Å². The van der Waals surface area contributed by atoms with Gasteiger partial charge in [0.25, 0.3) is 5.91 Å². The molecule has 8 heteroatoms. The van der Waals surface area contributed by atoms with Gasteiger partial charge < -0.3 is 10.2 Å². The van der Waals surface area contributed by atoms with Gasteiger partial charge in [-0.3, -0.25) is 9.59 Å². The summed E-state index contributed by atoms with van der Waals surface area (Å²) < 4.78 is 27.1. The molecule has 2 amide bonds. The van der Waals surface area contributed by atoms with E-state index in [-0.39, 0.29) is 16.4 Å². The zero-order valence-corrected chi connectivity index (χ0v) is 16.6. The number of benzene rings is 1. The Kier molecular flexibility index (Phi) is 6.41. The summed E-state index contributed by atoms with van der Waals surface area (Å²) in [4.78, 5) is 26.0. The minimum Gasteiger partial charge on any atom is -0.347 e. The van der Waals surface area contributed by atoms with Crippen LogP contribution in [0.5, 0.6) is 0 Å². The molecule has 0 radical (unpaired) electrons. The molecule has 0 aromatic heterocycles. The van der Waals surface area contributed by atoms with Crippen LogP contribution in [-0.2, 0) is 14.8 Å². The Balaban J connectivity index is 2.26. The van der Waals surface area contributed by atoms with Crippen LogP contribution in [0.2, 0.25) is 0 Å². The quantitative estimate of drug-likeness (QED) is 0.835. The van der Waals surface area contributed by atoms with Crippen LogP contribution in [0.3, 0.4) is 0 Å². The van der Waals surface area contributed by atoms with E-state index in [9.17, 15) is 18.0 Å². The highest BCUT2D eigenvalue weighted by molar-refractivity contribution is 7.89. The van der Waals surface area contributed by atoms with Gasteiger partial charge in [0.2, 0.25) is 15.9 Å². The van der Waals surface area contributed by atoms with Crippen molar-refractivity contribution in [3.05, 3.63) is 29.3 Å². The zero-order valence-electron chi connectivity index (χ0n) is 15.8. The molecule has 1 heterocycles. The fourth-order valence-electron chi connectivity index (χ4n) is 2.98. The van der Waals surface area contributed by atoms with Gasteiger partial charge in [0.15, 0.2) is 0 Å². The lowest BCUT2D eigenvalue weighted by molar-refractivity contribution is -0.130. The molecule has 1 aliphatic heterocycles. The third-order valence-electron chi connectivity index (χ3n) is 4.57. The Labute approximate surface area is 155 Å². The highest BCUT2D eigenvalue weighted by Gasteiger charge is 2.27. The van der Waals surface area contributed by atoms with E-state index in [1.165, 1.54) is 21.3 Å². The first-order chi connectivity index (χ1) is 12.1. The standard InChI is InChI=1S/C18H27N3O4S/c1-13-8-9-15(26(24,25)21-10-6-5-7-11-21)12-16(13)17(22)19-14(2)18(23)20(3)4/h8-9,12,14H,5-7,10-11H2,1-4H3,(H,19,22). The van der Waals surface area contributed by atoms with Gasteiger partial charge in [0.1, 0.15) is 6.04 Å². The predicted octanol–water partition coefficient (Wildman–Crippen LogP) is 1.38. The predicted molar refractivity (Wildman–Crippen MR) is 99.4 cm³/mol. The first kappa shape index (κ1) is 20.4. The summed E-state index contributed by atoms with van der Waals surface area (Å²) >= 11 is 0. The van der Waals surface area contributed by atoms with Gasteiger partial charge >= 0.3 is 0 Å². The van der Waals surface area contributed by atoms with Crippen LogP contribution < -0.4 is 5.32 Å². The van der Waals surface area contributed by atoms with Crippen molar-refractivity contribution in [3.63, 3.8) is 0 Å². The van der Waals surface area contributed by atoms with Crippen LogP contribution in [0.25, 0.3) is 0 Å². The number of likely N-dealkylation sites (N-methyl/N-ethyl adjacent to an activating group) is 1. The number of hydrogen-bond acceptors (Lipinski definition) is 4. The molecule has 1 fully saturated rings. The molecule has 1 saturated heterocycles. The van der Waals surface area contributed by atoms with Crippen LogP contribution in [0.1, 0.15) is 42.1 Å². The van der Waals surface area contributed by atoms with Gasteiger partial charge in [-0.05, 0) is 44.4 Å². The first-order valence-corrected chi connectivity index (χ1v) is 10.2. The second kappa shape index (κ2) is 8.18. The summed E-state index contributed by atoms with van der Waals surface area (Å²) in [6, 6.07) is 3.87. The molecule has 1 aromatic rings. The number of amides is 2. The Hall–Kier alpha value is -1.93. The third kappa shape index (κ3) is 4.42. The maximum Gasteiger partial charge on any atom is 0.252 e. The summed E-state index contributed by atoms with van der Waals surface area (Å²) in [6.45, 7) is 4.35. The summed E-state index contributed by atoms with van der Waals surface area (Å²) in [6.07, 6.45) is 2.73. The minimum atomic E-state index is -3.61. The number of aryl methyl sites for hydroxylation is 1. The van der Waals surface area contributed by atoms with E-state index in [4.69, 9.17) is 0 Å². The fourth-order valence-corrected chi connectivity index (χ4v) is 4.53. The average Bonchev–Trinajstić information content (AvgIpc) is 2.61. The van der Waals surface area contributed by atoms with Crippen molar-refractivity contribution in [2.24, 2.45) is 0 Å². The van der Waals surface area contributed by atoms with E-state index in [1.807, 2.05) is 0 Å². The SMILES string of the molecule is Cc1ccc(S(=O)(=O)N2CCCCC2)cc1C(=O)NC(C)C(=O)N(C)C. The maximum atomic E-state index is 12.8. The highest BCUT2D eigenvalue weighted by Crippen LogP contribution is 2.23. The molecule has 144 valence electrons. The van der Waals surface area contributed by atoms with Gasteiger partial charge in [0, 0.05) is 32.7 Å². The van der Waals surface area contributed by atoms with Crippen LogP contribution in [-0.4, -0.2) is 62.7 Å². The molecule has 1 unspecified atom stereocenters. The Morgan fingerprint density at radius 3 is 2.35 bits per heavy atom. The third-order valence-corrected chi connectivity index (χ3v) is 6.46. The molecule has 7 nitrogen and oxygen atoms in total. The van der Waals surface area contributed by atoms with Crippen molar-refractivity contribution < 1.29 is 18.0 Å².